The van der Waals surface area contributed by atoms with Crippen molar-refractivity contribution in [3.05, 3.63) is 24.4 Å². The first-order valence-corrected chi connectivity index (χ1v) is 3.33. The first-order chi connectivity index (χ1) is 4.43. The van der Waals surface area contributed by atoms with Gasteiger partial charge in [0.25, 0.3) is 0 Å². The van der Waals surface area contributed by atoms with Gasteiger partial charge in [0.2, 0.25) is 0 Å². The fourth-order valence-corrected chi connectivity index (χ4v) is 0.876. The topological polar surface area (TPSA) is 12.0 Å². The summed E-state index contributed by atoms with van der Waals surface area (Å²) in [4.78, 5) is 0. The first kappa shape index (κ1) is 10.4. The van der Waals surface area contributed by atoms with Crippen LogP contribution in [0.5, 0.6) is 0 Å². The van der Waals surface area contributed by atoms with Crippen molar-refractivity contribution < 1.29 is 32.7 Å². The molecule has 0 unspecified atom stereocenters. The van der Waals surface area contributed by atoms with Gasteiger partial charge < -0.3 is 24.0 Å². The molecule has 1 aliphatic rings. The Morgan fingerprint density at radius 1 is 1.50 bits per heavy atom. The first-order valence-electron chi connectivity index (χ1n) is 3.33. The van der Waals surface area contributed by atoms with Crippen LogP contribution in [0.4, 0.5) is 0 Å². The predicted octanol–water partition coefficient (Wildman–Crippen LogP) is 1.43. The molecule has 53 valence electrons. The smallest absolute Gasteiger partial charge is 0 e. The fraction of sp³-hybridized carbons (Fsp3) is 0.500. The maximum Gasteiger partial charge on any atom is 0 e. The molecule has 0 saturated heterocycles. The zero-order valence-corrected chi connectivity index (χ0v) is 8.90. The van der Waals surface area contributed by atoms with Gasteiger partial charge in [-0.1, -0.05) is 6.42 Å². The van der Waals surface area contributed by atoms with Crippen molar-refractivity contribution in [1.82, 2.24) is 5.32 Å². The number of nitrogens with one attached hydrogen (secondary N) is 1. The maximum atomic E-state index is 5.29. The van der Waals surface area contributed by atoms with E-state index in [1.165, 1.54) is 12.8 Å². The van der Waals surface area contributed by atoms with Gasteiger partial charge >= 0.3 is 0 Å². The molecule has 1 rings (SSSR count). The van der Waals surface area contributed by atoms with E-state index in [0.717, 1.165) is 18.7 Å². The molecule has 0 amide bonds. The van der Waals surface area contributed by atoms with E-state index in [4.69, 9.17) is 6.58 Å². The zero-order chi connectivity index (χ0) is 6.53. The van der Waals surface area contributed by atoms with Gasteiger partial charge in [-0.25, -0.2) is 0 Å². The largest absolute Gasteiger partial charge is 0.496 e. The molecule has 2 heteroatoms. The zero-order valence-electron chi connectivity index (χ0n) is 6.06. The quantitative estimate of drug-likeness (QED) is 0.645. The number of hydrogen-bond donors (Lipinski definition) is 1. The Bertz CT molecular complexity index is 129. The molecule has 10 heavy (non-hydrogen) atoms. The Balaban J connectivity index is 0.000000810. The van der Waals surface area contributed by atoms with Crippen LogP contribution in [0.15, 0.2) is 11.8 Å². The molecule has 0 bridgehead atoms. The number of rotatable bonds is 1. The van der Waals surface area contributed by atoms with Crippen molar-refractivity contribution in [2.45, 2.75) is 19.3 Å². The normalized spacial score (nSPS) is 17.4. The van der Waals surface area contributed by atoms with Crippen LogP contribution in [0.3, 0.4) is 0 Å². The Morgan fingerprint density at radius 3 is 3.00 bits per heavy atom. The molecule has 0 aromatic carbocycles. The molecule has 0 atom stereocenters. The monoisotopic (exact) mass is 210 g/mol. The summed E-state index contributed by atoms with van der Waals surface area (Å²) in [6, 6.07) is 0. The summed E-state index contributed by atoms with van der Waals surface area (Å²) in [5.74, 6) is 0. The average molecular weight is 210 g/mol. The van der Waals surface area contributed by atoms with Crippen LogP contribution in [-0.4, -0.2) is 6.54 Å². The fourth-order valence-electron chi connectivity index (χ4n) is 0.876. The molecule has 0 aliphatic carbocycles. The number of hydrogen-bond acceptors (Lipinski definition) is 1. The predicted molar refractivity (Wildman–Crippen MR) is 37.5 cm³/mol. The van der Waals surface area contributed by atoms with Gasteiger partial charge in [-0.05, 0) is 13.0 Å². The van der Waals surface area contributed by atoms with Crippen molar-refractivity contribution in [2.24, 2.45) is 0 Å². The molecule has 1 radical (unpaired) electrons. The Labute approximate surface area is 87.8 Å². The van der Waals surface area contributed by atoms with Gasteiger partial charge in [0, 0.05) is 32.7 Å². The molecule has 0 spiro atoms. The van der Waals surface area contributed by atoms with Crippen LogP contribution in [0.2, 0.25) is 0 Å². The van der Waals surface area contributed by atoms with Crippen molar-refractivity contribution in [1.29, 1.82) is 0 Å². The van der Waals surface area contributed by atoms with Gasteiger partial charge in [-0.2, -0.15) is 0 Å². The number of allylic oxidation sites excluding steroid dienone is 2. The van der Waals surface area contributed by atoms with Crippen molar-refractivity contribution in [3.63, 3.8) is 0 Å². The third-order valence-electron chi connectivity index (χ3n) is 1.40. The standard InChI is InChI=1S/C8H11N.Y/c1-2-8-6-4-3-5-7-9-8;/h1-2,9H,3-5,7H2;/q-2;. The van der Waals surface area contributed by atoms with Crippen molar-refractivity contribution in [3.8, 4) is 0 Å². The molecule has 0 aromatic heterocycles. The minimum absolute atomic E-state index is 0. The van der Waals surface area contributed by atoms with Crippen LogP contribution in [0.25, 0.3) is 0 Å². The molecule has 1 aliphatic heterocycles. The third kappa shape index (κ3) is 3.53. The molecule has 1 N–H and O–H groups in total. The SMILES string of the molecule is [CH-]=CC1=[C-]CCCCN1.[Y]. The molecule has 1 heterocycles. The summed E-state index contributed by atoms with van der Waals surface area (Å²) < 4.78 is 0. The third-order valence-corrected chi connectivity index (χ3v) is 1.40. The second-order valence-corrected chi connectivity index (χ2v) is 2.14. The van der Waals surface area contributed by atoms with Gasteiger partial charge in [0.1, 0.15) is 0 Å². The Kier molecular flexibility index (Phi) is 6.35. The summed E-state index contributed by atoms with van der Waals surface area (Å²) in [6.45, 7) is 6.32. The summed E-state index contributed by atoms with van der Waals surface area (Å²) in [6.07, 6.45) is 8.22. The molecule has 1 nitrogen and oxygen atoms in total. The van der Waals surface area contributed by atoms with E-state index in [9.17, 15) is 0 Å². The summed E-state index contributed by atoms with van der Waals surface area (Å²) in [5, 5.41) is 3.16. The molecular weight excluding hydrogens is 199 g/mol. The van der Waals surface area contributed by atoms with E-state index in [-0.39, 0.29) is 32.7 Å². The van der Waals surface area contributed by atoms with Crippen LogP contribution < -0.4 is 5.32 Å². The van der Waals surface area contributed by atoms with Crippen LogP contribution in [-0.2, 0) is 32.7 Å². The van der Waals surface area contributed by atoms with Crippen LogP contribution >= 0.6 is 0 Å². The minimum Gasteiger partial charge on any atom is -0.496 e. The molecule has 0 saturated carbocycles. The average Bonchev–Trinajstić information content (AvgIpc) is 2.13. The maximum absolute atomic E-state index is 5.29. The van der Waals surface area contributed by atoms with E-state index in [1.807, 2.05) is 0 Å². The molecule has 0 fully saturated rings. The van der Waals surface area contributed by atoms with E-state index < -0.39 is 0 Å². The second-order valence-electron chi connectivity index (χ2n) is 2.14. The van der Waals surface area contributed by atoms with Crippen molar-refractivity contribution >= 4 is 0 Å². The van der Waals surface area contributed by atoms with E-state index in [2.05, 4.69) is 11.4 Å². The van der Waals surface area contributed by atoms with Crippen molar-refractivity contribution in [2.75, 3.05) is 6.54 Å². The molecular formula is C8H11NY-2. The van der Waals surface area contributed by atoms with Gasteiger partial charge in [-0.15, -0.1) is 6.42 Å². The van der Waals surface area contributed by atoms with Gasteiger partial charge in [-0.3, -0.25) is 5.70 Å². The van der Waals surface area contributed by atoms with Gasteiger partial charge in [0.15, 0.2) is 0 Å². The summed E-state index contributed by atoms with van der Waals surface area (Å²) in [5.41, 5.74) is 0.965. The summed E-state index contributed by atoms with van der Waals surface area (Å²) in [7, 11) is 0. The second kappa shape index (κ2) is 6.12. The van der Waals surface area contributed by atoms with E-state index in [1.54, 1.807) is 6.08 Å². The van der Waals surface area contributed by atoms with E-state index >= 15 is 0 Å². The minimum atomic E-state index is 0. The van der Waals surface area contributed by atoms with Crippen LogP contribution in [0, 0.1) is 12.7 Å². The summed E-state index contributed by atoms with van der Waals surface area (Å²) >= 11 is 0. The molecule has 0 aromatic rings. The Morgan fingerprint density at radius 2 is 2.30 bits per heavy atom. The van der Waals surface area contributed by atoms with Crippen LogP contribution in [0.1, 0.15) is 19.3 Å². The van der Waals surface area contributed by atoms with Gasteiger partial charge in [0.05, 0.1) is 0 Å². The Hall–Kier alpha value is 0.384. The van der Waals surface area contributed by atoms with E-state index in [0.29, 0.717) is 0 Å².